The molecule has 196 valence electrons. The number of hydrogen-bond donors (Lipinski definition) is 2. The maximum Gasteiger partial charge on any atom is 0.309 e. The van der Waals surface area contributed by atoms with Gasteiger partial charge in [-0.3, -0.25) is 14.5 Å². The first-order valence-electron chi connectivity index (χ1n) is 11.6. The monoisotopic (exact) mass is 519 g/mol. The van der Waals surface area contributed by atoms with Crippen molar-refractivity contribution in [1.29, 1.82) is 0 Å². The number of benzene rings is 1. The normalized spacial score (nSPS) is 13.8. The maximum atomic E-state index is 13.5. The number of rotatable bonds is 11. The lowest BCUT2D eigenvalue weighted by molar-refractivity contribution is -0.139. The van der Waals surface area contributed by atoms with Crippen LogP contribution in [0.5, 0.6) is 0 Å². The van der Waals surface area contributed by atoms with Crippen LogP contribution in [0.4, 0.5) is 11.6 Å². The zero-order chi connectivity index (χ0) is 26.7. The molecule has 3 rings (SSSR count). The maximum absolute atomic E-state index is 13.5. The highest BCUT2D eigenvalue weighted by Gasteiger charge is 2.32. The Hall–Kier alpha value is -3.09. The molecule has 1 aromatic carbocycles. The Labute approximate surface area is 211 Å². The van der Waals surface area contributed by atoms with E-state index in [0.717, 1.165) is 0 Å². The third kappa shape index (κ3) is 6.56. The minimum Gasteiger partial charge on any atom is -0.469 e. The van der Waals surface area contributed by atoms with Crippen molar-refractivity contribution in [1.82, 2.24) is 14.3 Å². The molecule has 0 bridgehead atoms. The van der Waals surface area contributed by atoms with Gasteiger partial charge >= 0.3 is 5.97 Å². The van der Waals surface area contributed by atoms with E-state index in [2.05, 4.69) is 14.7 Å². The lowest BCUT2D eigenvalue weighted by atomic mass is 10.1. The van der Waals surface area contributed by atoms with Gasteiger partial charge in [-0.25, -0.2) is 18.4 Å². The zero-order valence-electron chi connectivity index (χ0n) is 21.0. The number of amides is 1. The first-order valence-corrected chi connectivity index (χ1v) is 13.1. The molecule has 3 N–H and O–H groups in total. The minimum absolute atomic E-state index is 0.0273. The zero-order valence-corrected chi connectivity index (χ0v) is 21.8. The van der Waals surface area contributed by atoms with E-state index in [1.165, 1.54) is 37.4 Å². The molecule has 1 amide bonds. The number of aromatic nitrogens is 2. The third-order valence-electron chi connectivity index (χ3n) is 5.73. The molecule has 1 aromatic heterocycles. The lowest BCUT2D eigenvalue weighted by Crippen LogP contribution is -2.43. The summed E-state index contributed by atoms with van der Waals surface area (Å²) >= 11 is 0. The highest BCUT2D eigenvalue weighted by molar-refractivity contribution is 7.89. The summed E-state index contributed by atoms with van der Waals surface area (Å²) in [4.78, 5) is 34.2. The number of aliphatic hydroxyl groups is 1. The number of esters is 1. The standard InChI is InChI=1S/C24H33N5O6S/c1-16-26-22(25)19-14-20(30)29(23(19)27-16)11-6-5-10-28(15-24(2,3)32)36(33,34)18-9-7-8-17(12-18)13-21(31)35-4/h7-9,12,32H,5-6,10-11,13-15H2,1-4H3,(H2,25,26,27). The van der Waals surface area contributed by atoms with Gasteiger partial charge in [-0.2, -0.15) is 4.31 Å². The fourth-order valence-electron chi connectivity index (χ4n) is 4.07. The van der Waals surface area contributed by atoms with Crippen molar-refractivity contribution in [3.05, 3.63) is 41.2 Å². The Morgan fingerprint density at radius 1 is 1.28 bits per heavy atom. The van der Waals surface area contributed by atoms with Crippen LogP contribution in [-0.2, 0) is 37.2 Å². The SMILES string of the molecule is COC(=O)Cc1cccc(S(=O)(=O)N(CCCCN2C(=O)Cc3c(N)nc(C)nc32)CC(C)(C)O)c1. The molecule has 2 aromatic rings. The molecule has 1 aliphatic heterocycles. The van der Waals surface area contributed by atoms with E-state index >= 15 is 0 Å². The van der Waals surface area contributed by atoms with Crippen LogP contribution in [0.2, 0.25) is 0 Å². The second kappa shape index (κ2) is 10.9. The van der Waals surface area contributed by atoms with Crippen LogP contribution in [-0.4, -0.2) is 72.0 Å². The molecule has 0 aliphatic carbocycles. The second-order valence-electron chi connectivity index (χ2n) is 9.44. The Morgan fingerprint density at radius 2 is 2.00 bits per heavy atom. The molecule has 0 radical (unpaired) electrons. The van der Waals surface area contributed by atoms with Crippen LogP contribution in [0.15, 0.2) is 29.2 Å². The van der Waals surface area contributed by atoms with Gasteiger partial charge in [-0.05, 0) is 51.3 Å². The molecule has 12 heteroatoms. The molecular formula is C24H33N5O6S. The second-order valence-corrected chi connectivity index (χ2v) is 11.4. The molecule has 11 nitrogen and oxygen atoms in total. The number of fused-ring (bicyclic) bond motifs is 1. The van der Waals surface area contributed by atoms with Gasteiger partial charge in [0, 0.05) is 25.2 Å². The van der Waals surface area contributed by atoms with E-state index in [9.17, 15) is 23.1 Å². The number of nitrogens with zero attached hydrogens (tertiary/aromatic N) is 4. The molecule has 0 saturated carbocycles. The van der Waals surface area contributed by atoms with Crippen molar-refractivity contribution in [2.75, 3.05) is 37.4 Å². The molecular weight excluding hydrogens is 486 g/mol. The molecule has 2 heterocycles. The molecule has 0 saturated heterocycles. The summed E-state index contributed by atoms with van der Waals surface area (Å²) in [6, 6.07) is 6.12. The van der Waals surface area contributed by atoms with Gasteiger partial charge in [0.25, 0.3) is 0 Å². The number of hydrogen-bond acceptors (Lipinski definition) is 9. The van der Waals surface area contributed by atoms with Crippen molar-refractivity contribution < 1.29 is 27.9 Å². The summed E-state index contributed by atoms with van der Waals surface area (Å²) in [7, 11) is -2.70. The van der Waals surface area contributed by atoms with Crippen molar-refractivity contribution in [2.45, 2.75) is 57.0 Å². The van der Waals surface area contributed by atoms with E-state index in [0.29, 0.717) is 48.0 Å². The van der Waals surface area contributed by atoms with Crippen molar-refractivity contribution in [2.24, 2.45) is 0 Å². The van der Waals surface area contributed by atoms with Gasteiger partial charge < -0.3 is 15.6 Å². The fraction of sp³-hybridized carbons (Fsp3) is 0.500. The lowest BCUT2D eigenvalue weighted by Gasteiger charge is -2.29. The van der Waals surface area contributed by atoms with E-state index in [4.69, 9.17) is 5.73 Å². The average Bonchev–Trinajstić information content (AvgIpc) is 3.10. The van der Waals surface area contributed by atoms with Crippen LogP contribution >= 0.6 is 0 Å². The van der Waals surface area contributed by atoms with Crippen molar-refractivity contribution in [3.63, 3.8) is 0 Å². The van der Waals surface area contributed by atoms with Crippen LogP contribution in [0.25, 0.3) is 0 Å². The largest absolute Gasteiger partial charge is 0.469 e. The Balaban J connectivity index is 1.72. The molecule has 0 atom stereocenters. The number of methoxy groups -OCH3 is 1. The number of nitrogens with two attached hydrogens (primary N) is 1. The number of ether oxygens (including phenoxy) is 1. The molecule has 0 fully saturated rings. The smallest absolute Gasteiger partial charge is 0.309 e. The van der Waals surface area contributed by atoms with Crippen LogP contribution in [0.3, 0.4) is 0 Å². The van der Waals surface area contributed by atoms with E-state index in [1.54, 1.807) is 24.0 Å². The minimum atomic E-state index is -3.97. The van der Waals surface area contributed by atoms with Crippen molar-refractivity contribution >= 4 is 33.5 Å². The molecule has 0 unspecified atom stereocenters. The summed E-state index contributed by atoms with van der Waals surface area (Å²) in [6.07, 6.45) is 1.04. The average molecular weight is 520 g/mol. The van der Waals surface area contributed by atoms with Gasteiger partial charge in [0.15, 0.2) is 0 Å². The molecule has 36 heavy (non-hydrogen) atoms. The number of carbonyl (C=O) groups is 2. The summed E-state index contributed by atoms with van der Waals surface area (Å²) in [5.74, 6) is 0.680. The fourth-order valence-corrected chi connectivity index (χ4v) is 5.77. The van der Waals surface area contributed by atoms with Crippen LogP contribution < -0.4 is 10.6 Å². The number of carbonyl (C=O) groups excluding carboxylic acids is 2. The van der Waals surface area contributed by atoms with E-state index in [1.807, 2.05) is 0 Å². The summed E-state index contributed by atoms with van der Waals surface area (Å²) in [5.41, 5.74) is 5.80. The first kappa shape index (κ1) is 27.5. The number of aryl methyl sites for hydroxylation is 1. The predicted octanol–water partition coefficient (Wildman–Crippen LogP) is 1.21. The Morgan fingerprint density at radius 3 is 2.67 bits per heavy atom. The quantitative estimate of drug-likeness (QED) is 0.329. The number of sulfonamides is 1. The van der Waals surface area contributed by atoms with Crippen LogP contribution in [0, 0.1) is 6.92 Å². The summed E-state index contributed by atoms with van der Waals surface area (Å²) < 4.78 is 32.8. The van der Waals surface area contributed by atoms with E-state index in [-0.39, 0.29) is 36.7 Å². The highest BCUT2D eigenvalue weighted by atomic mass is 32.2. The number of anilines is 2. The van der Waals surface area contributed by atoms with Gasteiger partial charge in [-0.15, -0.1) is 0 Å². The molecule has 1 aliphatic rings. The van der Waals surface area contributed by atoms with Gasteiger partial charge in [0.05, 0.1) is 30.4 Å². The molecule has 0 spiro atoms. The van der Waals surface area contributed by atoms with Crippen LogP contribution in [0.1, 0.15) is 43.6 Å². The third-order valence-corrected chi connectivity index (χ3v) is 7.57. The van der Waals surface area contributed by atoms with Gasteiger partial charge in [0.2, 0.25) is 15.9 Å². The Kier molecular flexibility index (Phi) is 8.32. The highest BCUT2D eigenvalue weighted by Crippen LogP contribution is 2.30. The summed E-state index contributed by atoms with van der Waals surface area (Å²) in [5, 5.41) is 10.4. The predicted molar refractivity (Wildman–Crippen MR) is 134 cm³/mol. The van der Waals surface area contributed by atoms with E-state index < -0.39 is 21.6 Å². The Bertz CT molecular complexity index is 1240. The number of unbranched alkanes of at least 4 members (excludes halogenated alkanes) is 1. The van der Waals surface area contributed by atoms with Gasteiger partial charge in [0.1, 0.15) is 17.5 Å². The first-order chi connectivity index (χ1) is 16.8. The van der Waals surface area contributed by atoms with Crippen molar-refractivity contribution in [3.8, 4) is 0 Å². The summed E-state index contributed by atoms with van der Waals surface area (Å²) in [6.45, 7) is 5.15. The topological polar surface area (TPSA) is 156 Å². The van der Waals surface area contributed by atoms with Gasteiger partial charge in [-0.1, -0.05) is 12.1 Å². The number of nitrogen functional groups attached to an aromatic ring is 1.